The summed E-state index contributed by atoms with van der Waals surface area (Å²) in [4.78, 5) is 28.3. The maximum absolute atomic E-state index is 13.2. The van der Waals surface area contributed by atoms with Gasteiger partial charge < -0.3 is 18.6 Å². The lowest BCUT2D eigenvalue weighted by molar-refractivity contribution is -0.274. The van der Waals surface area contributed by atoms with E-state index in [1.165, 1.54) is 43.9 Å². The predicted octanol–water partition coefficient (Wildman–Crippen LogP) is 9.72. The van der Waals surface area contributed by atoms with Gasteiger partial charge in [0.2, 0.25) is 11.6 Å². The second-order valence-electron chi connectivity index (χ2n) is 11.3. The zero-order valence-electron chi connectivity index (χ0n) is 26.5. The number of esters is 1. The van der Waals surface area contributed by atoms with Crippen molar-refractivity contribution >= 4 is 17.1 Å². The maximum atomic E-state index is 13.2. The third-order valence-corrected chi connectivity index (χ3v) is 7.54. The highest BCUT2D eigenvalue weighted by atomic mass is 19.4. The molecule has 0 amide bonds. The van der Waals surface area contributed by atoms with Gasteiger partial charge in [-0.05, 0) is 49.4 Å². The van der Waals surface area contributed by atoms with Gasteiger partial charge in [0.1, 0.15) is 5.75 Å². The molecule has 0 aliphatic carbocycles. The summed E-state index contributed by atoms with van der Waals surface area (Å²) in [6.45, 7) is 4.86. The zero-order chi connectivity index (χ0) is 32.5. The highest BCUT2D eigenvalue weighted by Gasteiger charge is 2.33. The van der Waals surface area contributed by atoms with Crippen molar-refractivity contribution in [1.29, 1.82) is 0 Å². The summed E-state index contributed by atoms with van der Waals surface area (Å²) in [6, 6.07) is 9.33. The van der Waals surface area contributed by atoms with Crippen LogP contribution in [0.2, 0.25) is 0 Å². The minimum atomic E-state index is -4.91. The van der Waals surface area contributed by atoms with Crippen molar-refractivity contribution in [2.24, 2.45) is 0 Å². The predicted molar refractivity (Wildman–Crippen MR) is 169 cm³/mol. The monoisotopic (exact) mass is 633 g/mol. The summed E-state index contributed by atoms with van der Waals surface area (Å²) >= 11 is 0. The van der Waals surface area contributed by atoms with Crippen molar-refractivity contribution in [2.45, 2.75) is 117 Å². The first-order valence-corrected chi connectivity index (χ1v) is 16.3. The standard InChI is InChI=1S/C35H46F3NO6/c1-3-5-14-17-26-18-20-28(30(24-26)45-35(36,37)38)29-25-27-19-21-31(39-33(27)44-34(29)41)42-22-15-12-10-8-6-7-9-11-13-16-23-43-32(40)4-2/h18-21,24-25H,3-17,22-23H2,1-2H3. The van der Waals surface area contributed by atoms with Gasteiger partial charge in [0, 0.05) is 23.4 Å². The van der Waals surface area contributed by atoms with E-state index in [1.54, 1.807) is 25.1 Å². The van der Waals surface area contributed by atoms with Gasteiger partial charge in [0.25, 0.3) is 0 Å². The van der Waals surface area contributed by atoms with Crippen LogP contribution in [0.4, 0.5) is 13.2 Å². The minimum absolute atomic E-state index is 0.00851. The van der Waals surface area contributed by atoms with E-state index in [2.05, 4.69) is 16.6 Å². The van der Waals surface area contributed by atoms with Gasteiger partial charge in [-0.2, -0.15) is 4.98 Å². The van der Waals surface area contributed by atoms with E-state index < -0.39 is 17.7 Å². The molecule has 0 saturated carbocycles. The number of aryl methyl sites for hydroxylation is 1. The first-order valence-electron chi connectivity index (χ1n) is 16.3. The Morgan fingerprint density at radius 3 is 2.11 bits per heavy atom. The van der Waals surface area contributed by atoms with Crippen LogP contribution < -0.4 is 15.1 Å². The van der Waals surface area contributed by atoms with E-state index in [0.29, 0.717) is 42.9 Å². The number of unbranched alkanes of at least 4 members (excludes halogenated alkanes) is 11. The van der Waals surface area contributed by atoms with Gasteiger partial charge in [-0.25, -0.2) is 4.79 Å². The lowest BCUT2D eigenvalue weighted by atomic mass is 10.0. The number of carbonyl (C=O) groups is 1. The largest absolute Gasteiger partial charge is 0.573 e. The van der Waals surface area contributed by atoms with Crippen molar-refractivity contribution in [3.05, 3.63) is 52.4 Å². The third-order valence-electron chi connectivity index (χ3n) is 7.54. The van der Waals surface area contributed by atoms with Crippen LogP contribution in [0, 0.1) is 0 Å². The molecule has 0 N–H and O–H groups in total. The molecule has 0 fully saturated rings. The zero-order valence-corrected chi connectivity index (χ0v) is 26.5. The molecule has 3 aromatic rings. The van der Waals surface area contributed by atoms with Crippen LogP contribution in [0.15, 0.2) is 45.6 Å². The van der Waals surface area contributed by atoms with E-state index in [0.717, 1.165) is 57.8 Å². The summed E-state index contributed by atoms with van der Waals surface area (Å²) in [5, 5.41) is 0.460. The number of carbonyl (C=O) groups excluding carboxylic acids is 1. The van der Waals surface area contributed by atoms with Crippen molar-refractivity contribution in [3.8, 4) is 22.8 Å². The number of nitrogens with zero attached hydrogens (tertiary/aromatic N) is 1. The van der Waals surface area contributed by atoms with Crippen LogP contribution in [-0.2, 0) is 16.0 Å². The average Bonchev–Trinajstić information content (AvgIpc) is 3.00. The normalized spacial score (nSPS) is 11.6. The fraction of sp³-hybridized carbons (Fsp3) is 0.571. The molecule has 2 heterocycles. The molecule has 0 aliphatic rings. The number of hydrogen-bond donors (Lipinski definition) is 0. The topological polar surface area (TPSA) is 87.9 Å². The van der Waals surface area contributed by atoms with Crippen LogP contribution in [0.3, 0.4) is 0 Å². The molecule has 2 aromatic heterocycles. The highest BCUT2D eigenvalue weighted by molar-refractivity contribution is 5.81. The molecule has 0 bridgehead atoms. The Labute approximate surface area is 263 Å². The van der Waals surface area contributed by atoms with Crippen molar-refractivity contribution in [2.75, 3.05) is 13.2 Å². The van der Waals surface area contributed by atoms with E-state index in [1.807, 2.05) is 0 Å². The molecule has 10 heteroatoms. The smallest absolute Gasteiger partial charge is 0.478 e. The number of ether oxygens (including phenoxy) is 3. The van der Waals surface area contributed by atoms with E-state index >= 15 is 0 Å². The van der Waals surface area contributed by atoms with Crippen LogP contribution in [0.1, 0.15) is 109 Å². The Morgan fingerprint density at radius 2 is 1.47 bits per heavy atom. The molecule has 1 aromatic carbocycles. The summed E-state index contributed by atoms with van der Waals surface area (Å²) in [5.41, 5.74) is -0.0781. The van der Waals surface area contributed by atoms with Gasteiger partial charge in [0.15, 0.2) is 0 Å². The SMILES string of the molecule is CCCCCc1ccc(-c2cc3ccc(OCCCCCCCCCCCCOC(=O)CC)nc3oc2=O)c(OC(F)(F)F)c1. The molecule has 248 valence electrons. The second kappa shape index (κ2) is 19.1. The summed E-state index contributed by atoms with van der Waals surface area (Å²) < 4.78 is 60.2. The molecular formula is C35H46F3NO6. The average molecular weight is 634 g/mol. The number of fused-ring (bicyclic) bond motifs is 1. The second-order valence-corrected chi connectivity index (χ2v) is 11.3. The number of rotatable bonds is 21. The van der Waals surface area contributed by atoms with Gasteiger partial charge in [-0.1, -0.05) is 90.2 Å². The Kier molecular flexibility index (Phi) is 15.2. The molecule has 0 saturated heterocycles. The molecular weight excluding hydrogens is 587 g/mol. The maximum Gasteiger partial charge on any atom is 0.573 e. The van der Waals surface area contributed by atoms with E-state index in [-0.39, 0.29) is 22.8 Å². The lowest BCUT2D eigenvalue weighted by Gasteiger charge is -2.15. The fourth-order valence-electron chi connectivity index (χ4n) is 5.07. The first kappa shape index (κ1) is 35.9. The van der Waals surface area contributed by atoms with E-state index in [9.17, 15) is 22.8 Å². The van der Waals surface area contributed by atoms with Crippen molar-refractivity contribution < 1.29 is 36.6 Å². The molecule has 45 heavy (non-hydrogen) atoms. The Bertz CT molecular complexity index is 1390. The van der Waals surface area contributed by atoms with Gasteiger partial charge in [-0.3, -0.25) is 4.79 Å². The van der Waals surface area contributed by atoms with Crippen LogP contribution in [0.5, 0.6) is 11.6 Å². The number of alkyl halides is 3. The third kappa shape index (κ3) is 13.1. The Hall–Kier alpha value is -3.56. The molecule has 0 spiro atoms. The molecule has 0 atom stereocenters. The van der Waals surface area contributed by atoms with Gasteiger partial charge in [0.05, 0.1) is 18.8 Å². The molecule has 0 unspecified atom stereocenters. The molecule has 0 radical (unpaired) electrons. The van der Waals surface area contributed by atoms with Gasteiger partial charge in [-0.15, -0.1) is 13.2 Å². The lowest BCUT2D eigenvalue weighted by Crippen LogP contribution is -2.18. The summed E-state index contributed by atoms with van der Waals surface area (Å²) in [6.07, 6.45) is 9.94. The minimum Gasteiger partial charge on any atom is -0.478 e. The molecule has 3 rings (SSSR count). The molecule has 0 aliphatic heterocycles. The van der Waals surface area contributed by atoms with Crippen molar-refractivity contribution in [3.63, 3.8) is 0 Å². The fourth-order valence-corrected chi connectivity index (χ4v) is 5.07. The summed E-state index contributed by atoms with van der Waals surface area (Å²) in [5.74, 6) is -0.242. The Morgan fingerprint density at radius 1 is 0.800 bits per heavy atom. The van der Waals surface area contributed by atoms with Crippen LogP contribution >= 0.6 is 0 Å². The van der Waals surface area contributed by atoms with Gasteiger partial charge >= 0.3 is 18.0 Å². The number of pyridine rings is 1. The summed E-state index contributed by atoms with van der Waals surface area (Å²) in [7, 11) is 0. The quantitative estimate of drug-likeness (QED) is 0.0852. The Balaban J connectivity index is 1.45. The molecule has 7 nitrogen and oxygen atoms in total. The number of benzene rings is 1. The van der Waals surface area contributed by atoms with Crippen LogP contribution in [0.25, 0.3) is 22.2 Å². The van der Waals surface area contributed by atoms with Crippen molar-refractivity contribution in [1.82, 2.24) is 4.98 Å². The van der Waals surface area contributed by atoms with Crippen LogP contribution in [-0.4, -0.2) is 30.5 Å². The first-order chi connectivity index (χ1) is 21.7. The number of aromatic nitrogens is 1. The van der Waals surface area contributed by atoms with E-state index in [4.69, 9.17) is 13.9 Å². The number of halogens is 3. The number of hydrogen-bond acceptors (Lipinski definition) is 7. The highest BCUT2D eigenvalue weighted by Crippen LogP contribution is 2.35.